The normalized spacial score (nSPS) is 15.1. The van der Waals surface area contributed by atoms with Gasteiger partial charge in [0.05, 0.1) is 11.4 Å². The summed E-state index contributed by atoms with van der Waals surface area (Å²) in [4.78, 5) is 13.6. The molecule has 0 spiro atoms. The summed E-state index contributed by atoms with van der Waals surface area (Å²) in [5.74, 6) is 0.264. The zero-order valence-electron chi connectivity index (χ0n) is 15.3. The lowest BCUT2D eigenvalue weighted by Crippen LogP contribution is -2.44. The van der Waals surface area contributed by atoms with Crippen LogP contribution in [-0.4, -0.2) is 48.1 Å². The highest BCUT2D eigenvalue weighted by Crippen LogP contribution is 2.27. The maximum absolute atomic E-state index is 5.98. The lowest BCUT2D eigenvalue weighted by atomic mass is 10.1. The lowest BCUT2D eigenvalue weighted by Gasteiger charge is -2.34. The van der Waals surface area contributed by atoms with Crippen molar-refractivity contribution in [3.8, 4) is 22.5 Å². The minimum atomic E-state index is 0.264. The van der Waals surface area contributed by atoms with Gasteiger partial charge in [-0.25, -0.2) is 9.97 Å². The van der Waals surface area contributed by atoms with Crippen LogP contribution >= 0.6 is 11.6 Å². The first-order valence-corrected chi connectivity index (χ1v) is 9.41. The molecule has 1 fully saturated rings. The lowest BCUT2D eigenvalue weighted by molar-refractivity contribution is 0.313. The number of nitrogens with two attached hydrogens (primary N) is 1. The van der Waals surface area contributed by atoms with Crippen molar-refractivity contribution >= 4 is 23.2 Å². The predicted molar refractivity (Wildman–Crippen MR) is 112 cm³/mol. The molecular formula is C21H22ClN5. The van der Waals surface area contributed by atoms with E-state index < -0.39 is 0 Å². The number of nitrogens with zero attached hydrogens (tertiary/aromatic N) is 4. The van der Waals surface area contributed by atoms with Crippen molar-refractivity contribution in [2.24, 2.45) is 0 Å². The second kappa shape index (κ2) is 7.55. The van der Waals surface area contributed by atoms with Crippen LogP contribution in [0.4, 0.5) is 11.6 Å². The van der Waals surface area contributed by atoms with E-state index in [2.05, 4.69) is 51.1 Å². The van der Waals surface area contributed by atoms with Crippen LogP contribution in [0.1, 0.15) is 0 Å². The minimum Gasteiger partial charge on any atom is -0.369 e. The predicted octanol–water partition coefficient (Wildman–Crippen LogP) is 3.80. The molecule has 1 aliphatic heterocycles. The molecule has 5 nitrogen and oxygen atoms in total. The molecule has 0 aliphatic carbocycles. The van der Waals surface area contributed by atoms with Crippen molar-refractivity contribution in [1.29, 1.82) is 0 Å². The van der Waals surface area contributed by atoms with Gasteiger partial charge in [-0.15, -0.1) is 0 Å². The third-order valence-corrected chi connectivity index (χ3v) is 5.17. The van der Waals surface area contributed by atoms with E-state index in [9.17, 15) is 0 Å². The third-order valence-electron chi connectivity index (χ3n) is 4.91. The maximum Gasteiger partial charge on any atom is 0.221 e. The third kappa shape index (κ3) is 4.04. The molecule has 0 atom stereocenters. The summed E-state index contributed by atoms with van der Waals surface area (Å²) in [6.45, 7) is 4.29. The van der Waals surface area contributed by atoms with Gasteiger partial charge in [0.2, 0.25) is 5.95 Å². The molecule has 0 amide bonds. The van der Waals surface area contributed by atoms with Crippen LogP contribution < -0.4 is 10.6 Å². The second-order valence-electron chi connectivity index (χ2n) is 6.84. The molecule has 0 bridgehead atoms. The highest BCUT2D eigenvalue weighted by atomic mass is 35.5. The zero-order chi connectivity index (χ0) is 18.8. The van der Waals surface area contributed by atoms with Gasteiger partial charge in [0.15, 0.2) is 0 Å². The van der Waals surface area contributed by atoms with Gasteiger partial charge in [0.25, 0.3) is 0 Å². The van der Waals surface area contributed by atoms with E-state index in [-0.39, 0.29) is 5.95 Å². The summed E-state index contributed by atoms with van der Waals surface area (Å²) in [6, 6.07) is 18.0. The summed E-state index contributed by atoms with van der Waals surface area (Å²) in [6.07, 6.45) is 0. The molecule has 0 radical (unpaired) electrons. The van der Waals surface area contributed by atoms with E-state index in [4.69, 9.17) is 17.3 Å². The van der Waals surface area contributed by atoms with Crippen molar-refractivity contribution < 1.29 is 0 Å². The Hall–Kier alpha value is -2.63. The number of hydrogen-bond acceptors (Lipinski definition) is 5. The first kappa shape index (κ1) is 17.8. The number of anilines is 2. The van der Waals surface area contributed by atoms with Crippen molar-refractivity contribution in [3.05, 3.63) is 59.6 Å². The maximum atomic E-state index is 5.98. The molecule has 6 heteroatoms. The molecule has 1 aromatic heterocycles. The fourth-order valence-corrected chi connectivity index (χ4v) is 3.42. The minimum absolute atomic E-state index is 0.264. The highest BCUT2D eigenvalue weighted by molar-refractivity contribution is 6.30. The average molecular weight is 380 g/mol. The number of aromatic nitrogens is 2. The Bertz CT molecular complexity index is 916. The van der Waals surface area contributed by atoms with Crippen molar-refractivity contribution in [2.45, 2.75) is 0 Å². The van der Waals surface area contributed by atoms with Gasteiger partial charge in [-0.3, -0.25) is 0 Å². The fraction of sp³-hybridized carbons (Fsp3) is 0.238. The van der Waals surface area contributed by atoms with E-state index in [0.29, 0.717) is 5.02 Å². The molecule has 0 saturated carbocycles. The van der Waals surface area contributed by atoms with Gasteiger partial charge in [0, 0.05) is 48.0 Å². The van der Waals surface area contributed by atoms with Crippen molar-refractivity contribution in [3.63, 3.8) is 0 Å². The molecule has 2 aromatic carbocycles. The Kier molecular flexibility index (Phi) is 4.97. The summed E-state index contributed by atoms with van der Waals surface area (Å²) in [7, 11) is 2.16. The molecule has 138 valence electrons. The quantitative estimate of drug-likeness (QED) is 0.750. The molecule has 2 heterocycles. The Morgan fingerprint density at radius 2 is 1.33 bits per heavy atom. The molecule has 27 heavy (non-hydrogen) atoms. The summed E-state index contributed by atoms with van der Waals surface area (Å²) in [5.41, 5.74) is 10.8. The van der Waals surface area contributed by atoms with Gasteiger partial charge in [-0.1, -0.05) is 35.9 Å². The van der Waals surface area contributed by atoms with Crippen LogP contribution in [0.15, 0.2) is 54.6 Å². The molecule has 0 unspecified atom stereocenters. The van der Waals surface area contributed by atoms with E-state index in [1.54, 1.807) is 0 Å². The Morgan fingerprint density at radius 3 is 1.89 bits per heavy atom. The Labute approximate surface area is 164 Å². The number of hydrogen-bond donors (Lipinski definition) is 1. The number of rotatable bonds is 3. The summed E-state index contributed by atoms with van der Waals surface area (Å²) >= 11 is 5.98. The number of nitrogen functional groups attached to an aromatic ring is 1. The monoisotopic (exact) mass is 379 g/mol. The van der Waals surface area contributed by atoms with Gasteiger partial charge >= 0.3 is 0 Å². The topological polar surface area (TPSA) is 58.3 Å². The van der Waals surface area contributed by atoms with E-state index in [0.717, 1.165) is 48.7 Å². The van der Waals surface area contributed by atoms with Crippen LogP contribution in [0.3, 0.4) is 0 Å². The highest BCUT2D eigenvalue weighted by Gasteiger charge is 2.14. The molecule has 3 aromatic rings. The number of piperazine rings is 1. The van der Waals surface area contributed by atoms with Crippen LogP contribution in [0.5, 0.6) is 0 Å². The van der Waals surface area contributed by atoms with E-state index >= 15 is 0 Å². The molecule has 4 rings (SSSR count). The molecule has 1 aliphatic rings. The first-order chi connectivity index (χ1) is 13.1. The summed E-state index contributed by atoms with van der Waals surface area (Å²) in [5, 5.41) is 0.695. The number of likely N-dealkylation sites (N-methyl/N-ethyl adjacent to an activating group) is 1. The van der Waals surface area contributed by atoms with Crippen LogP contribution in [-0.2, 0) is 0 Å². The Morgan fingerprint density at radius 1 is 0.815 bits per heavy atom. The average Bonchev–Trinajstić information content (AvgIpc) is 2.69. The standard InChI is InChI=1S/C21H22ClN5/c1-26-10-12-27(13-11-26)18-8-4-16(5-9-18)20-14-19(24-21(23)25-20)15-2-6-17(22)7-3-15/h2-9,14H,10-13H2,1H3,(H2,23,24,25). The molecular weight excluding hydrogens is 358 g/mol. The first-order valence-electron chi connectivity index (χ1n) is 9.03. The van der Waals surface area contributed by atoms with Crippen LogP contribution in [0.2, 0.25) is 5.02 Å². The van der Waals surface area contributed by atoms with Crippen molar-refractivity contribution in [1.82, 2.24) is 14.9 Å². The smallest absolute Gasteiger partial charge is 0.221 e. The Balaban J connectivity index is 1.60. The van der Waals surface area contributed by atoms with E-state index in [1.165, 1.54) is 5.69 Å². The van der Waals surface area contributed by atoms with Gasteiger partial charge in [0.1, 0.15) is 0 Å². The fourth-order valence-electron chi connectivity index (χ4n) is 3.29. The second-order valence-corrected chi connectivity index (χ2v) is 7.28. The number of benzene rings is 2. The SMILES string of the molecule is CN1CCN(c2ccc(-c3cc(-c4ccc(Cl)cc4)nc(N)n3)cc2)CC1. The number of halogens is 1. The molecule has 1 saturated heterocycles. The van der Waals surface area contributed by atoms with Gasteiger partial charge in [-0.05, 0) is 37.4 Å². The largest absolute Gasteiger partial charge is 0.369 e. The van der Waals surface area contributed by atoms with Gasteiger partial charge < -0.3 is 15.5 Å². The van der Waals surface area contributed by atoms with E-state index in [1.807, 2.05) is 30.3 Å². The van der Waals surface area contributed by atoms with Crippen LogP contribution in [0.25, 0.3) is 22.5 Å². The van der Waals surface area contributed by atoms with Crippen LogP contribution in [0, 0.1) is 0 Å². The molecule has 2 N–H and O–H groups in total. The van der Waals surface area contributed by atoms with Gasteiger partial charge in [-0.2, -0.15) is 0 Å². The van der Waals surface area contributed by atoms with Crippen molar-refractivity contribution in [2.75, 3.05) is 43.9 Å². The zero-order valence-corrected chi connectivity index (χ0v) is 16.0. The summed E-state index contributed by atoms with van der Waals surface area (Å²) < 4.78 is 0.